The summed E-state index contributed by atoms with van der Waals surface area (Å²) in [5.41, 5.74) is -0.669. The van der Waals surface area contributed by atoms with Crippen molar-refractivity contribution in [1.29, 1.82) is 0 Å². The van der Waals surface area contributed by atoms with Crippen LogP contribution in [-0.4, -0.2) is 62.9 Å². The number of nitrogens with one attached hydrogen (secondary N) is 1. The summed E-state index contributed by atoms with van der Waals surface area (Å²) in [5, 5.41) is 3.27. The maximum atomic E-state index is 11.9. The van der Waals surface area contributed by atoms with E-state index in [0.717, 1.165) is 19.5 Å². The molecule has 0 aliphatic heterocycles. The Morgan fingerprint density at radius 2 is 2.05 bits per heavy atom. The van der Waals surface area contributed by atoms with Crippen molar-refractivity contribution in [2.24, 2.45) is 0 Å². The molecule has 0 rings (SSSR count). The summed E-state index contributed by atoms with van der Waals surface area (Å²) in [5.74, 6) is -0.224. The van der Waals surface area contributed by atoms with E-state index >= 15 is 0 Å². The average molecular weight is 274 g/mol. The molecule has 0 saturated heterocycles. The van der Waals surface area contributed by atoms with Crippen LogP contribution in [-0.2, 0) is 14.3 Å². The summed E-state index contributed by atoms with van der Waals surface area (Å²) >= 11 is 0. The van der Waals surface area contributed by atoms with Gasteiger partial charge in [-0.15, -0.1) is 0 Å². The van der Waals surface area contributed by atoms with Crippen molar-refractivity contribution >= 4 is 5.97 Å². The molecule has 5 nitrogen and oxygen atoms in total. The highest BCUT2D eigenvalue weighted by Gasteiger charge is 2.34. The van der Waals surface area contributed by atoms with Crippen LogP contribution in [0.2, 0.25) is 0 Å². The fraction of sp³-hybridized carbons (Fsp3) is 0.929. The minimum atomic E-state index is -0.669. The van der Waals surface area contributed by atoms with Crippen LogP contribution in [0.3, 0.4) is 0 Å². The normalized spacial score (nSPS) is 14.7. The van der Waals surface area contributed by atoms with Gasteiger partial charge >= 0.3 is 5.97 Å². The van der Waals surface area contributed by atoms with E-state index in [1.54, 1.807) is 0 Å². The van der Waals surface area contributed by atoms with Crippen LogP contribution in [0.25, 0.3) is 0 Å². The van der Waals surface area contributed by atoms with Gasteiger partial charge in [0.05, 0.1) is 19.8 Å². The van der Waals surface area contributed by atoms with Gasteiger partial charge in [0.2, 0.25) is 0 Å². The maximum Gasteiger partial charge on any atom is 0.327 e. The molecule has 0 amide bonds. The zero-order valence-electron chi connectivity index (χ0n) is 13.3. The molecule has 1 atom stereocenters. The van der Waals surface area contributed by atoms with Gasteiger partial charge < -0.3 is 19.7 Å². The number of hydrogen-bond donors (Lipinski definition) is 1. The zero-order valence-corrected chi connectivity index (χ0v) is 13.3. The van der Waals surface area contributed by atoms with Crippen LogP contribution in [0.1, 0.15) is 34.1 Å². The molecule has 0 spiro atoms. The molecule has 0 radical (unpaired) electrons. The Labute approximate surface area is 117 Å². The van der Waals surface area contributed by atoms with Gasteiger partial charge in [-0.1, -0.05) is 6.92 Å². The fourth-order valence-electron chi connectivity index (χ4n) is 1.88. The van der Waals surface area contributed by atoms with Crippen LogP contribution in [0.15, 0.2) is 0 Å². The molecule has 0 aliphatic carbocycles. The molecule has 5 heteroatoms. The number of carbonyl (C=O) groups is 1. The van der Waals surface area contributed by atoms with Crippen LogP contribution in [0.4, 0.5) is 0 Å². The number of carbonyl (C=O) groups excluding carboxylic acids is 1. The third-order valence-electron chi connectivity index (χ3n) is 2.91. The number of hydrogen-bond acceptors (Lipinski definition) is 5. The molecule has 0 aromatic rings. The van der Waals surface area contributed by atoms with E-state index in [2.05, 4.69) is 17.1 Å². The van der Waals surface area contributed by atoms with Gasteiger partial charge in [0.15, 0.2) is 0 Å². The predicted molar refractivity (Wildman–Crippen MR) is 77.3 cm³/mol. The maximum absolute atomic E-state index is 11.9. The molecule has 0 fully saturated rings. The first kappa shape index (κ1) is 18.4. The van der Waals surface area contributed by atoms with Crippen LogP contribution in [0, 0.1) is 0 Å². The van der Waals surface area contributed by atoms with Gasteiger partial charge in [-0.05, 0) is 40.8 Å². The minimum absolute atomic E-state index is 0.224. The lowest BCUT2D eigenvalue weighted by Crippen LogP contribution is -2.57. The van der Waals surface area contributed by atoms with Crippen molar-refractivity contribution in [1.82, 2.24) is 10.2 Å². The SMILES string of the molecule is CCCNC(C)(CN(C)CCOC(C)C)C(=O)OC. The van der Waals surface area contributed by atoms with Gasteiger partial charge in [0, 0.05) is 13.1 Å². The molecule has 0 aliphatic rings. The first-order valence-corrected chi connectivity index (χ1v) is 6.99. The predicted octanol–water partition coefficient (Wildman–Crippen LogP) is 1.27. The first-order valence-electron chi connectivity index (χ1n) is 6.99. The molecule has 1 N–H and O–H groups in total. The van der Waals surface area contributed by atoms with Crippen molar-refractivity contribution in [3.05, 3.63) is 0 Å². The topological polar surface area (TPSA) is 50.8 Å². The quantitative estimate of drug-likeness (QED) is 0.608. The molecule has 0 aromatic carbocycles. The summed E-state index contributed by atoms with van der Waals surface area (Å²) in [6.45, 7) is 10.8. The van der Waals surface area contributed by atoms with E-state index in [1.807, 2.05) is 27.8 Å². The Balaban J connectivity index is 4.34. The second-order valence-electron chi connectivity index (χ2n) is 5.41. The molecule has 114 valence electrons. The van der Waals surface area contributed by atoms with E-state index < -0.39 is 5.54 Å². The Bertz CT molecular complexity index is 259. The highest BCUT2D eigenvalue weighted by Crippen LogP contribution is 2.09. The van der Waals surface area contributed by atoms with E-state index in [1.165, 1.54) is 7.11 Å². The number of rotatable bonds is 10. The molecular formula is C14H30N2O3. The number of methoxy groups -OCH3 is 1. The van der Waals surface area contributed by atoms with Crippen molar-refractivity contribution < 1.29 is 14.3 Å². The molecule has 0 saturated carbocycles. The van der Waals surface area contributed by atoms with Crippen molar-refractivity contribution in [3.63, 3.8) is 0 Å². The zero-order chi connectivity index (χ0) is 14.9. The number of likely N-dealkylation sites (N-methyl/N-ethyl adjacent to an activating group) is 1. The summed E-state index contributed by atoms with van der Waals surface area (Å²) in [6.07, 6.45) is 1.21. The molecule has 1 unspecified atom stereocenters. The summed E-state index contributed by atoms with van der Waals surface area (Å²) in [4.78, 5) is 14.0. The highest BCUT2D eigenvalue weighted by atomic mass is 16.5. The summed E-state index contributed by atoms with van der Waals surface area (Å²) in [6, 6.07) is 0. The van der Waals surface area contributed by atoms with Crippen LogP contribution >= 0.6 is 0 Å². The number of ether oxygens (including phenoxy) is 2. The Kier molecular flexibility index (Phi) is 8.97. The Morgan fingerprint density at radius 1 is 1.42 bits per heavy atom. The van der Waals surface area contributed by atoms with Crippen molar-refractivity contribution in [3.8, 4) is 0 Å². The average Bonchev–Trinajstić information content (AvgIpc) is 2.34. The van der Waals surface area contributed by atoms with Gasteiger partial charge in [-0.3, -0.25) is 4.79 Å². The molecule has 0 aromatic heterocycles. The summed E-state index contributed by atoms with van der Waals surface area (Å²) < 4.78 is 10.4. The number of esters is 1. The third kappa shape index (κ3) is 7.50. The second-order valence-corrected chi connectivity index (χ2v) is 5.41. The van der Waals surface area contributed by atoms with Gasteiger partial charge in [0.25, 0.3) is 0 Å². The first-order chi connectivity index (χ1) is 8.85. The van der Waals surface area contributed by atoms with Gasteiger partial charge in [0.1, 0.15) is 5.54 Å². The Hall–Kier alpha value is -0.650. The lowest BCUT2D eigenvalue weighted by atomic mass is 10.0. The Morgan fingerprint density at radius 3 is 2.53 bits per heavy atom. The van der Waals surface area contributed by atoms with E-state index in [9.17, 15) is 4.79 Å². The number of nitrogens with zero attached hydrogens (tertiary/aromatic N) is 1. The largest absolute Gasteiger partial charge is 0.468 e. The molecule has 0 bridgehead atoms. The second kappa shape index (κ2) is 9.28. The highest BCUT2D eigenvalue weighted by molar-refractivity contribution is 5.80. The molecule has 19 heavy (non-hydrogen) atoms. The summed E-state index contributed by atoms with van der Waals surface area (Å²) in [7, 11) is 3.41. The van der Waals surface area contributed by atoms with E-state index in [0.29, 0.717) is 13.2 Å². The van der Waals surface area contributed by atoms with Crippen LogP contribution < -0.4 is 5.32 Å². The fourth-order valence-corrected chi connectivity index (χ4v) is 1.88. The van der Waals surface area contributed by atoms with Crippen molar-refractivity contribution in [2.45, 2.75) is 45.8 Å². The van der Waals surface area contributed by atoms with Crippen LogP contribution in [0.5, 0.6) is 0 Å². The van der Waals surface area contributed by atoms with Gasteiger partial charge in [-0.2, -0.15) is 0 Å². The standard InChI is InChI=1S/C14H30N2O3/c1-7-8-15-14(4,13(17)18-6)11-16(5)9-10-19-12(2)3/h12,15H,7-11H2,1-6H3. The van der Waals surface area contributed by atoms with Crippen molar-refractivity contribution in [2.75, 3.05) is 40.4 Å². The smallest absolute Gasteiger partial charge is 0.327 e. The third-order valence-corrected chi connectivity index (χ3v) is 2.91. The minimum Gasteiger partial charge on any atom is -0.468 e. The molecular weight excluding hydrogens is 244 g/mol. The lowest BCUT2D eigenvalue weighted by molar-refractivity contribution is -0.148. The lowest BCUT2D eigenvalue weighted by Gasteiger charge is -2.32. The van der Waals surface area contributed by atoms with E-state index in [4.69, 9.17) is 9.47 Å². The molecule has 0 heterocycles. The monoisotopic (exact) mass is 274 g/mol. The van der Waals surface area contributed by atoms with E-state index in [-0.39, 0.29) is 12.1 Å². The van der Waals surface area contributed by atoms with Gasteiger partial charge in [-0.25, -0.2) is 0 Å².